The Labute approximate surface area is 132 Å². The number of aryl methyl sites for hydroxylation is 2. The lowest BCUT2D eigenvalue weighted by molar-refractivity contribution is 0.0724. The zero-order valence-electron chi connectivity index (χ0n) is 12.2. The molecule has 0 atom stereocenters. The van der Waals surface area contributed by atoms with Gasteiger partial charge in [0.2, 0.25) is 0 Å². The van der Waals surface area contributed by atoms with Crippen molar-refractivity contribution in [1.29, 1.82) is 0 Å². The Kier molecular flexibility index (Phi) is 3.85. The zero-order chi connectivity index (χ0) is 15.0. The van der Waals surface area contributed by atoms with Crippen molar-refractivity contribution in [3.05, 3.63) is 52.0 Å². The van der Waals surface area contributed by atoms with Crippen LogP contribution in [0.3, 0.4) is 0 Å². The fourth-order valence-corrected chi connectivity index (χ4v) is 2.72. The molecule has 1 aliphatic rings. The van der Waals surface area contributed by atoms with Crippen LogP contribution in [0.4, 0.5) is 0 Å². The highest BCUT2D eigenvalue weighted by Crippen LogP contribution is 2.30. The molecule has 4 nitrogen and oxygen atoms in total. The van der Waals surface area contributed by atoms with E-state index in [1.165, 1.54) is 0 Å². The van der Waals surface area contributed by atoms with Crippen molar-refractivity contribution in [2.75, 3.05) is 0 Å². The summed E-state index contributed by atoms with van der Waals surface area (Å²) in [6.07, 6.45) is 5.85. The molecule has 21 heavy (non-hydrogen) atoms. The van der Waals surface area contributed by atoms with Crippen LogP contribution in [0, 0.1) is 6.92 Å². The number of imidazole rings is 1. The summed E-state index contributed by atoms with van der Waals surface area (Å²) in [6.45, 7) is 2.59. The molecule has 1 aliphatic carbocycles. The third-order valence-electron chi connectivity index (χ3n) is 3.90. The van der Waals surface area contributed by atoms with Crippen LogP contribution in [0.2, 0.25) is 0 Å². The number of carbonyl (C=O) groups excluding carboxylic acids is 1. The second-order valence-corrected chi connectivity index (χ2v) is 6.44. The van der Waals surface area contributed by atoms with Crippen molar-refractivity contribution >= 4 is 21.8 Å². The first-order valence-corrected chi connectivity index (χ1v) is 7.89. The Balaban J connectivity index is 1.85. The normalized spacial score (nSPS) is 14.2. The Bertz CT molecular complexity index is 676. The lowest BCUT2D eigenvalue weighted by atomic mass is 10.1. The number of carbonyl (C=O) groups is 1. The molecule has 1 saturated carbocycles. The molecule has 2 aromatic rings. The Morgan fingerprint density at radius 2 is 2.24 bits per heavy atom. The van der Waals surface area contributed by atoms with Crippen molar-refractivity contribution in [1.82, 2.24) is 14.5 Å². The Morgan fingerprint density at radius 1 is 1.48 bits per heavy atom. The van der Waals surface area contributed by atoms with Gasteiger partial charge in [0.05, 0.1) is 6.54 Å². The maximum atomic E-state index is 12.8. The first-order valence-electron chi connectivity index (χ1n) is 7.09. The molecular formula is C16H18BrN3O. The highest BCUT2D eigenvalue weighted by Gasteiger charge is 2.33. The lowest BCUT2D eigenvalue weighted by Crippen LogP contribution is -2.33. The molecular weight excluding hydrogens is 330 g/mol. The molecule has 1 fully saturated rings. The van der Waals surface area contributed by atoms with E-state index in [9.17, 15) is 4.79 Å². The Morgan fingerprint density at radius 3 is 2.81 bits per heavy atom. The standard InChI is InChI=1S/C16H18BrN3O/c1-11-3-4-12(9-14(11)17)16(21)20(13-5-6-13)10-15-18-7-8-19(15)2/h3-4,7-9,13H,5-6,10H2,1-2H3. The summed E-state index contributed by atoms with van der Waals surface area (Å²) < 4.78 is 2.94. The summed E-state index contributed by atoms with van der Waals surface area (Å²) in [5.74, 6) is 1.00. The molecule has 5 heteroatoms. The molecule has 3 rings (SSSR count). The van der Waals surface area contributed by atoms with Gasteiger partial charge >= 0.3 is 0 Å². The number of nitrogens with zero attached hydrogens (tertiary/aromatic N) is 3. The monoisotopic (exact) mass is 347 g/mol. The third-order valence-corrected chi connectivity index (χ3v) is 4.75. The van der Waals surface area contributed by atoms with Crippen LogP contribution >= 0.6 is 15.9 Å². The Hall–Kier alpha value is -1.62. The minimum absolute atomic E-state index is 0.0844. The van der Waals surface area contributed by atoms with Crippen LogP contribution in [0.5, 0.6) is 0 Å². The number of benzene rings is 1. The van der Waals surface area contributed by atoms with Gasteiger partial charge in [0.25, 0.3) is 5.91 Å². The molecule has 0 aliphatic heterocycles. The average molecular weight is 348 g/mol. The van der Waals surface area contributed by atoms with Crippen molar-refractivity contribution in [2.45, 2.75) is 32.4 Å². The molecule has 1 amide bonds. The summed E-state index contributed by atoms with van der Waals surface area (Å²) >= 11 is 3.50. The van der Waals surface area contributed by atoms with Gasteiger partial charge in [-0.3, -0.25) is 4.79 Å². The first-order chi connectivity index (χ1) is 10.1. The largest absolute Gasteiger partial charge is 0.337 e. The highest BCUT2D eigenvalue weighted by atomic mass is 79.9. The maximum absolute atomic E-state index is 12.8. The van der Waals surface area contributed by atoms with E-state index in [1.54, 1.807) is 6.20 Å². The number of hydrogen-bond donors (Lipinski definition) is 0. The molecule has 1 aromatic heterocycles. The number of aromatic nitrogens is 2. The van der Waals surface area contributed by atoms with E-state index >= 15 is 0 Å². The van der Waals surface area contributed by atoms with E-state index in [2.05, 4.69) is 20.9 Å². The van der Waals surface area contributed by atoms with Gasteiger partial charge in [0, 0.05) is 35.5 Å². The SMILES string of the molecule is Cc1ccc(C(=O)N(Cc2nccn2C)C2CC2)cc1Br. The van der Waals surface area contributed by atoms with E-state index in [0.717, 1.165) is 34.3 Å². The smallest absolute Gasteiger partial charge is 0.254 e. The van der Waals surface area contributed by atoms with Crippen molar-refractivity contribution in [3.8, 4) is 0 Å². The predicted octanol–water partition coefficient (Wildman–Crippen LogP) is 3.30. The summed E-state index contributed by atoms with van der Waals surface area (Å²) in [5.41, 5.74) is 1.86. The number of rotatable bonds is 4. The molecule has 0 spiro atoms. The molecule has 0 radical (unpaired) electrons. The quantitative estimate of drug-likeness (QED) is 0.850. The van der Waals surface area contributed by atoms with E-state index < -0.39 is 0 Å². The van der Waals surface area contributed by atoms with E-state index in [1.807, 2.05) is 47.8 Å². The van der Waals surface area contributed by atoms with Crippen LogP contribution in [-0.2, 0) is 13.6 Å². The van der Waals surface area contributed by atoms with Crippen LogP contribution in [0.1, 0.15) is 34.6 Å². The minimum Gasteiger partial charge on any atom is -0.337 e. The van der Waals surface area contributed by atoms with Gasteiger partial charge in [-0.05, 0) is 37.5 Å². The average Bonchev–Trinajstić information content (AvgIpc) is 3.22. The number of hydrogen-bond acceptors (Lipinski definition) is 2. The van der Waals surface area contributed by atoms with E-state index in [4.69, 9.17) is 0 Å². The van der Waals surface area contributed by atoms with Gasteiger partial charge in [0.1, 0.15) is 5.82 Å². The zero-order valence-corrected chi connectivity index (χ0v) is 13.8. The second kappa shape index (κ2) is 5.64. The summed E-state index contributed by atoms with van der Waals surface area (Å²) in [4.78, 5) is 19.1. The maximum Gasteiger partial charge on any atom is 0.254 e. The van der Waals surface area contributed by atoms with Gasteiger partial charge in [-0.15, -0.1) is 0 Å². The van der Waals surface area contributed by atoms with Crippen LogP contribution in [0.15, 0.2) is 35.1 Å². The molecule has 0 unspecified atom stereocenters. The topological polar surface area (TPSA) is 38.1 Å². The molecule has 0 N–H and O–H groups in total. The predicted molar refractivity (Wildman–Crippen MR) is 85.0 cm³/mol. The van der Waals surface area contributed by atoms with Crippen molar-refractivity contribution < 1.29 is 4.79 Å². The minimum atomic E-state index is 0.0844. The van der Waals surface area contributed by atoms with Gasteiger partial charge in [0.15, 0.2) is 0 Å². The first kappa shape index (κ1) is 14.3. The molecule has 0 saturated heterocycles. The highest BCUT2D eigenvalue weighted by molar-refractivity contribution is 9.10. The fourth-order valence-electron chi connectivity index (χ4n) is 2.35. The van der Waals surface area contributed by atoms with Gasteiger partial charge in [-0.25, -0.2) is 4.98 Å². The number of halogens is 1. The van der Waals surface area contributed by atoms with Gasteiger partial charge < -0.3 is 9.47 Å². The molecule has 1 aromatic carbocycles. The van der Waals surface area contributed by atoms with E-state index in [0.29, 0.717) is 12.6 Å². The van der Waals surface area contributed by atoms with Crippen molar-refractivity contribution in [3.63, 3.8) is 0 Å². The molecule has 1 heterocycles. The second-order valence-electron chi connectivity index (χ2n) is 5.58. The van der Waals surface area contributed by atoms with Gasteiger partial charge in [-0.2, -0.15) is 0 Å². The lowest BCUT2D eigenvalue weighted by Gasteiger charge is -2.22. The molecule has 110 valence electrons. The summed E-state index contributed by atoms with van der Waals surface area (Å²) in [5, 5.41) is 0. The van der Waals surface area contributed by atoms with Crippen LogP contribution < -0.4 is 0 Å². The fraction of sp³-hybridized carbons (Fsp3) is 0.375. The van der Waals surface area contributed by atoms with Crippen LogP contribution in [-0.4, -0.2) is 26.4 Å². The van der Waals surface area contributed by atoms with Crippen molar-refractivity contribution in [2.24, 2.45) is 7.05 Å². The van der Waals surface area contributed by atoms with E-state index in [-0.39, 0.29) is 5.91 Å². The summed E-state index contributed by atoms with van der Waals surface area (Å²) in [6, 6.07) is 6.14. The third kappa shape index (κ3) is 3.02. The van der Waals surface area contributed by atoms with Crippen LogP contribution in [0.25, 0.3) is 0 Å². The van der Waals surface area contributed by atoms with Gasteiger partial charge in [-0.1, -0.05) is 22.0 Å². The molecule has 0 bridgehead atoms. The summed E-state index contributed by atoms with van der Waals surface area (Å²) in [7, 11) is 1.96. The number of amides is 1.